The summed E-state index contributed by atoms with van der Waals surface area (Å²) in [7, 11) is 0. The average Bonchev–Trinajstić information content (AvgIpc) is 3.42. The van der Waals surface area contributed by atoms with Crippen molar-refractivity contribution in [1.82, 2.24) is 10.2 Å². The van der Waals surface area contributed by atoms with Gasteiger partial charge in [-0.25, -0.2) is 0 Å². The van der Waals surface area contributed by atoms with Crippen LogP contribution in [0.2, 0.25) is 5.02 Å². The monoisotopic (exact) mass is 627 g/mol. The summed E-state index contributed by atoms with van der Waals surface area (Å²) in [6.07, 6.45) is 5.69. The van der Waals surface area contributed by atoms with Crippen LogP contribution >= 0.6 is 11.6 Å². The first-order valence-electron chi connectivity index (χ1n) is 15.1. The lowest BCUT2D eigenvalue weighted by Gasteiger charge is -2.33. The normalized spacial score (nSPS) is 15.8. The summed E-state index contributed by atoms with van der Waals surface area (Å²) in [6, 6.07) is 18.6. The maximum atomic E-state index is 13.4. The number of nitrogens with one attached hydrogen (secondary N) is 1. The molecule has 0 saturated carbocycles. The number of hydrogen-bond donors (Lipinski definition) is 3. The lowest BCUT2D eigenvalue weighted by Crippen LogP contribution is -2.37. The van der Waals surface area contributed by atoms with Gasteiger partial charge in [-0.2, -0.15) is 0 Å². The standard InChI is InChI=1S/C35H34ClN3O6/c36-25-9-7-22(8-10-25)16-26(37-35(44)32-20-30(42)34-29(41)18-27(40)19-31(34)45-32)17-23-11-14-38(15-12-23)28-5-2-1-4-24(28)21-39-13-3-6-33(39)43/h1-2,4-5,7-10,17-20,26,40-41H,3,6,11-16,21H2,(H,37,44)/t26-/m0/s1. The summed E-state index contributed by atoms with van der Waals surface area (Å²) >= 11 is 6.10. The molecule has 0 radical (unpaired) electrons. The Hall–Kier alpha value is -4.76. The molecule has 4 aromatic rings. The molecule has 2 saturated heterocycles. The molecule has 0 aliphatic carbocycles. The summed E-state index contributed by atoms with van der Waals surface area (Å²) in [6.45, 7) is 3.01. The van der Waals surface area contributed by atoms with Crippen LogP contribution in [0, 0.1) is 0 Å². The average molecular weight is 628 g/mol. The quantitative estimate of drug-likeness (QED) is 0.219. The lowest BCUT2D eigenvalue weighted by molar-refractivity contribution is -0.128. The van der Waals surface area contributed by atoms with Crippen molar-refractivity contribution in [2.75, 3.05) is 24.5 Å². The van der Waals surface area contributed by atoms with Crippen LogP contribution in [-0.2, 0) is 17.8 Å². The molecule has 3 heterocycles. The van der Waals surface area contributed by atoms with E-state index in [1.165, 1.54) is 11.6 Å². The SMILES string of the molecule is O=C(N[C@H](C=C1CCN(c2ccccc2CN2CCCC2=O)CC1)Cc1ccc(Cl)cc1)c1cc(=O)c2c(O)cc(O)cc2o1. The molecular formula is C35H34ClN3O6. The number of fused-ring (bicyclic) bond motifs is 1. The van der Waals surface area contributed by atoms with Crippen molar-refractivity contribution in [3.05, 3.63) is 111 Å². The van der Waals surface area contributed by atoms with Crippen molar-refractivity contribution in [3.8, 4) is 11.5 Å². The predicted molar refractivity (Wildman–Crippen MR) is 173 cm³/mol. The molecule has 45 heavy (non-hydrogen) atoms. The molecule has 2 fully saturated rings. The van der Waals surface area contributed by atoms with Crippen LogP contribution < -0.4 is 15.6 Å². The zero-order valence-electron chi connectivity index (χ0n) is 24.7. The van der Waals surface area contributed by atoms with Crippen molar-refractivity contribution in [3.63, 3.8) is 0 Å². The smallest absolute Gasteiger partial charge is 0.287 e. The molecule has 2 aliphatic heterocycles. The minimum absolute atomic E-state index is 0.0838. The maximum Gasteiger partial charge on any atom is 0.287 e. The van der Waals surface area contributed by atoms with E-state index in [1.807, 2.05) is 29.2 Å². The first-order valence-corrected chi connectivity index (χ1v) is 15.5. The first-order chi connectivity index (χ1) is 21.7. The Balaban J connectivity index is 1.20. The predicted octanol–water partition coefficient (Wildman–Crippen LogP) is 5.55. The topological polar surface area (TPSA) is 123 Å². The molecule has 3 N–H and O–H groups in total. The number of phenolic OH excluding ortho intramolecular Hbond substituents is 2. The molecule has 0 spiro atoms. The third-order valence-corrected chi connectivity index (χ3v) is 8.66. The highest BCUT2D eigenvalue weighted by Gasteiger charge is 2.24. The number of para-hydroxylation sites is 1. The number of carbonyl (C=O) groups is 2. The molecule has 232 valence electrons. The minimum atomic E-state index is -0.590. The van der Waals surface area contributed by atoms with E-state index in [4.69, 9.17) is 16.0 Å². The van der Waals surface area contributed by atoms with E-state index in [0.717, 1.165) is 67.8 Å². The lowest BCUT2D eigenvalue weighted by atomic mass is 9.97. The maximum absolute atomic E-state index is 13.4. The van der Waals surface area contributed by atoms with Crippen LogP contribution in [0.4, 0.5) is 5.69 Å². The molecule has 3 aromatic carbocycles. The second kappa shape index (κ2) is 13.1. The fourth-order valence-corrected chi connectivity index (χ4v) is 6.27. The molecule has 2 amide bonds. The summed E-state index contributed by atoms with van der Waals surface area (Å²) in [5, 5.41) is 23.5. The number of piperidine rings is 1. The number of likely N-dealkylation sites (tertiary alicyclic amines) is 1. The van der Waals surface area contributed by atoms with Gasteiger partial charge in [0.25, 0.3) is 5.91 Å². The Morgan fingerprint density at radius 1 is 0.978 bits per heavy atom. The van der Waals surface area contributed by atoms with E-state index in [1.54, 1.807) is 12.1 Å². The van der Waals surface area contributed by atoms with Crippen LogP contribution in [-0.4, -0.2) is 52.6 Å². The van der Waals surface area contributed by atoms with Gasteiger partial charge in [0.15, 0.2) is 11.2 Å². The highest BCUT2D eigenvalue weighted by molar-refractivity contribution is 6.30. The van der Waals surface area contributed by atoms with Gasteiger partial charge in [-0.05, 0) is 55.0 Å². The second-order valence-corrected chi connectivity index (χ2v) is 12.0. The number of halogens is 1. The van der Waals surface area contributed by atoms with E-state index >= 15 is 0 Å². The molecule has 0 bridgehead atoms. The molecule has 1 aromatic heterocycles. The summed E-state index contributed by atoms with van der Waals surface area (Å²) in [5.74, 6) is -1.31. The van der Waals surface area contributed by atoms with Crippen LogP contribution in [0.3, 0.4) is 0 Å². The Kier molecular flexibility index (Phi) is 8.80. The number of benzene rings is 3. The Labute approximate surface area is 265 Å². The summed E-state index contributed by atoms with van der Waals surface area (Å²) in [4.78, 5) is 42.6. The van der Waals surface area contributed by atoms with E-state index in [2.05, 4.69) is 28.4 Å². The van der Waals surface area contributed by atoms with E-state index in [9.17, 15) is 24.6 Å². The molecule has 1 atom stereocenters. The van der Waals surface area contributed by atoms with Gasteiger partial charge in [-0.3, -0.25) is 14.4 Å². The molecule has 0 unspecified atom stereocenters. The highest BCUT2D eigenvalue weighted by atomic mass is 35.5. The van der Waals surface area contributed by atoms with Crippen molar-refractivity contribution < 1.29 is 24.2 Å². The second-order valence-electron chi connectivity index (χ2n) is 11.6. The number of hydrogen-bond acceptors (Lipinski definition) is 7. The van der Waals surface area contributed by atoms with Crippen molar-refractivity contribution in [2.45, 2.75) is 44.7 Å². The van der Waals surface area contributed by atoms with Crippen LogP contribution in [0.15, 0.2) is 87.6 Å². The summed E-state index contributed by atoms with van der Waals surface area (Å²) in [5.41, 5.74) is 3.79. The number of aromatic hydroxyl groups is 2. The van der Waals surface area contributed by atoms with Gasteiger partial charge in [0.05, 0.1) is 6.04 Å². The number of rotatable bonds is 8. The zero-order chi connectivity index (χ0) is 31.5. The molecule has 9 nitrogen and oxygen atoms in total. The van der Waals surface area contributed by atoms with Gasteiger partial charge in [0.2, 0.25) is 5.91 Å². The number of carbonyl (C=O) groups excluding carboxylic acids is 2. The fourth-order valence-electron chi connectivity index (χ4n) is 6.15. The van der Waals surface area contributed by atoms with Crippen molar-refractivity contribution in [1.29, 1.82) is 0 Å². The molecular weight excluding hydrogens is 594 g/mol. The Morgan fingerprint density at radius 3 is 2.47 bits per heavy atom. The largest absolute Gasteiger partial charge is 0.508 e. The van der Waals surface area contributed by atoms with E-state index in [0.29, 0.717) is 24.4 Å². The van der Waals surface area contributed by atoms with Gasteiger partial charge in [-0.1, -0.05) is 53.6 Å². The van der Waals surface area contributed by atoms with Gasteiger partial charge in [0, 0.05) is 61.5 Å². The van der Waals surface area contributed by atoms with E-state index in [-0.39, 0.29) is 28.4 Å². The van der Waals surface area contributed by atoms with Gasteiger partial charge >= 0.3 is 0 Å². The zero-order valence-corrected chi connectivity index (χ0v) is 25.4. The summed E-state index contributed by atoms with van der Waals surface area (Å²) < 4.78 is 5.65. The third kappa shape index (κ3) is 6.99. The Bertz CT molecular complexity index is 1820. The Morgan fingerprint density at radius 2 is 1.73 bits per heavy atom. The van der Waals surface area contributed by atoms with Crippen LogP contribution in [0.1, 0.15) is 47.4 Å². The molecule has 6 rings (SSSR count). The molecule has 10 heteroatoms. The fraction of sp³-hybridized carbons (Fsp3) is 0.286. The first kappa shape index (κ1) is 30.3. The minimum Gasteiger partial charge on any atom is -0.508 e. The van der Waals surface area contributed by atoms with Crippen LogP contribution in [0.5, 0.6) is 11.5 Å². The van der Waals surface area contributed by atoms with E-state index < -0.39 is 23.1 Å². The highest BCUT2D eigenvalue weighted by Crippen LogP contribution is 2.30. The number of anilines is 1. The van der Waals surface area contributed by atoms with Gasteiger partial charge < -0.3 is 29.7 Å². The van der Waals surface area contributed by atoms with Crippen molar-refractivity contribution in [2.24, 2.45) is 0 Å². The number of nitrogens with zero attached hydrogens (tertiary/aromatic N) is 2. The van der Waals surface area contributed by atoms with Crippen LogP contribution in [0.25, 0.3) is 11.0 Å². The number of phenols is 2. The van der Waals surface area contributed by atoms with Gasteiger partial charge in [0.1, 0.15) is 22.5 Å². The third-order valence-electron chi connectivity index (χ3n) is 8.41. The van der Waals surface area contributed by atoms with Gasteiger partial charge in [-0.15, -0.1) is 0 Å². The number of amides is 2. The molecule has 2 aliphatic rings. The van der Waals surface area contributed by atoms with Crippen molar-refractivity contribution >= 4 is 40.1 Å².